The summed E-state index contributed by atoms with van der Waals surface area (Å²) < 4.78 is 12.0. The third-order valence-corrected chi connectivity index (χ3v) is 4.63. The Bertz CT molecular complexity index is 755. The van der Waals surface area contributed by atoms with Gasteiger partial charge in [0, 0.05) is 12.1 Å². The fourth-order valence-corrected chi connectivity index (χ4v) is 3.48. The lowest BCUT2D eigenvalue weighted by atomic mass is 10.1. The van der Waals surface area contributed by atoms with Crippen LogP contribution in [0.5, 0.6) is 5.75 Å². The molecule has 2 rings (SSSR count). The summed E-state index contributed by atoms with van der Waals surface area (Å²) in [5.74, 6) is -0.0872. The zero-order valence-electron chi connectivity index (χ0n) is 14.5. The standard InChI is InChI=1S/C19H19Br2NO4/c1-22(2)8-9-25-19(24)14-10-15(20)18(16(21)11-14)26-12-17(23)13-6-4-3-5-7-13/h3-7,10-11H,8-9,12H2,1-2H3. The molecule has 138 valence electrons. The Kier molecular flexibility index (Phi) is 7.81. The maximum absolute atomic E-state index is 12.2. The minimum Gasteiger partial charge on any atom is -0.483 e. The number of likely N-dealkylation sites (N-methyl/N-ethyl adjacent to an activating group) is 1. The van der Waals surface area contributed by atoms with Gasteiger partial charge in [-0.15, -0.1) is 0 Å². The molecular formula is C19H19Br2NO4. The van der Waals surface area contributed by atoms with Crippen LogP contribution in [0, 0.1) is 0 Å². The van der Waals surface area contributed by atoms with Crippen molar-refractivity contribution in [1.29, 1.82) is 0 Å². The molecule has 0 aliphatic rings. The molecule has 0 spiro atoms. The Morgan fingerprint density at radius 3 is 2.19 bits per heavy atom. The summed E-state index contributed by atoms with van der Waals surface area (Å²) in [6, 6.07) is 12.2. The maximum atomic E-state index is 12.2. The fraction of sp³-hybridized carbons (Fsp3) is 0.263. The van der Waals surface area contributed by atoms with E-state index in [9.17, 15) is 9.59 Å². The molecule has 0 atom stereocenters. The zero-order chi connectivity index (χ0) is 19.1. The van der Waals surface area contributed by atoms with E-state index in [2.05, 4.69) is 31.9 Å². The molecule has 0 aliphatic carbocycles. The van der Waals surface area contributed by atoms with Crippen LogP contribution in [0.2, 0.25) is 0 Å². The Hall–Kier alpha value is -1.70. The van der Waals surface area contributed by atoms with Crippen molar-refractivity contribution in [3.63, 3.8) is 0 Å². The van der Waals surface area contributed by atoms with E-state index in [0.717, 1.165) is 0 Å². The number of ketones is 1. The van der Waals surface area contributed by atoms with E-state index in [1.807, 2.05) is 25.1 Å². The van der Waals surface area contributed by atoms with Crippen molar-refractivity contribution >= 4 is 43.6 Å². The monoisotopic (exact) mass is 483 g/mol. The van der Waals surface area contributed by atoms with Gasteiger partial charge in [-0.05, 0) is 58.1 Å². The second-order valence-corrected chi connectivity index (χ2v) is 7.49. The molecule has 26 heavy (non-hydrogen) atoms. The number of hydrogen-bond acceptors (Lipinski definition) is 5. The molecule has 7 heteroatoms. The van der Waals surface area contributed by atoms with E-state index in [1.165, 1.54) is 0 Å². The smallest absolute Gasteiger partial charge is 0.338 e. The van der Waals surface area contributed by atoms with Gasteiger partial charge in [-0.3, -0.25) is 4.79 Å². The van der Waals surface area contributed by atoms with E-state index < -0.39 is 5.97 Å². The molecule has 0 aromatic heterocycles. The van der Waals surface area contributed by atoms with E-state index in [-0.39, 0.29) is 12.4 Å². The van der Waals surface area contributed by atoms with Crippen molar-refractivity contribution in [2.45, 2.75) is 0 Å². The van der Waals surface area contributed by atoms with Gasteiger partial charge < -0.3 is 14.4 Å². The molecule has 0 saturated carbocycles. The van der Waals surface area contributed by atoms with E-state index in [4.69, 9.17) is 9.47 Å². The summed E-state index contributed by atoms with van der Waals surface area (Å²) in [7, 11) is 3.81. The van der Waals surface area contributed by atoms with Gasteiger partial charge >= 0.3 is 5.97 Å². The van der Waals surface area contributed by atoms with Crippen LogP contribution in [0.15, 0.2) is 51.4 Å². The summed E-state index contributed by atoms with van der Waals surface area (Å²) in [4.78, 5) is 26.2. The average molecular weight is 485 g/mol. The van der Waals surface area contributed by atoms with E-state index in [0.29, 0.717) is 39.0 Å². The van der Waals surface area contributed by atoms with Crippen LogP contribution in [0.25, 0.3) is 0 Å². The second kappa shape index (κ2) is 9.85. The van der Waals surface area contributed by atoms with Gasteiger partial charge in [-0.2, -0.15) is 0 Å². The Morgan fingerprint density at radius 1 is 1.00 bits per heavy atom. The van der Waals surface area contributed by atoms with Crippen LogP contribution in [0.3, 0.4) is 0 Å². The molecule has 5 nitrogen and oxygen atoms in total. The number of ether oxygens (including phenoxy) is 2. The molecule has 0 fully saturated rings. The molecule has 0 heterocycles. The highest BCUT2D eigenvalue weighted by atomic mass is 79.9. The van der Waals surface area contributed by atoms with Crippen LogP contribution >= 0.6 is 31.9 Å². The first-order valence-electron chi connectivity index (χ1n) is 7.90. The van der Waals surface area contributed by atoms with E-state index in [1.54, 1.807) is 36.4 Å². The molecule has 0 N–H and O–H groups in total. The van der Waals surface area contributed by atoms with Crippen LogP contribution < -0.4 is 4.74 Å². The number of Topliss-reactive ketones (excluding diaryl/α,β-unsaturated/α-hetero) is 1. The van der Waals surface area contributed by atoms with Crippen molar-refractivity contribution in [2.24, 2.45) is 0 Å². The number of benzene rings is 2. The Morgan fingerprint density at radius 2 is 1.62 bits per heavy atom. The van der Waals surface area contributed by atoms with Crippen LogP contribution in [-0.2, 0) is 4.74 Å². The SMILES string of the molecule is CN(C)CCOC(=O)c1cc(Br)c(OCC(=O)c2ccccc2)c(Br)c1. The first kappa shape index (κ1) is 20.6. The number of rotatable bonds is 8. The van der Waals surface area contributed by atoms with Gasteiger partial charge in [-0.1, -0.05) is 30.3 Å². The summed E-state index contributed by atoms with van der Waals surface area (Å²) in [5.41, 5.74) is 0.977. The lowest BCUT2D eigenvalue weighted by Gasteiger charge is -2.13. The normalized spacial score (nSPS) is 10.7. The summed E-state index contributed by atoms with van der Waals surface area (Å²) in [6.07, 6.45) is 0. The number of carbonyl (C=O) groups excluding carboxylic acids is 2. The minimum atomic E-state index is -0.417. The van der Waals surface area contributed by atoms with Crippen LogP contribution in [0.1, 0.15) is 20.7 Å². The predicted octanol–water partition coefficient (Wildman–Crippen LogP) is 4.19. The number of halogens is 2. The van der Waals surface area contributed by atoms with Gasteiger partial charge in [-0.25, -0.2) is 4.79 Å². The van der Waals surface area contributed by atoms with Crippen molar-refractivity contribution in [1.82, 2.24) is 4.90 Å². The number of carbonyl (C=O) groups is 2. The second-order valence-electron chi connectivity index (χ2n) is 5.79. The highest BCUT2D eigenvalue weighted by Gasteiger charge is 2.16. The minimum absolute atomic E-state index is 0.103. The maximum Gasteiger partial charge on any atom is 0.338 e. The molecule has 2 aromatic rings. The average Bonchev–Trinajstić information content (AvgIpc) is 2.61. The van der Waals surface area contributed by atoms with Crippen LogP contribution in [-0.4, -0.2) is 50.5 Å². The van der Waals surface area contributed by atoms with Gasteiger partial charge in [0.15, 0.2) is 12.4 Å². The largest absolute Gasteiger partial charge is 0.483 e. The third-order valence-electron chi connectivity index (χ3n) is 3.45. The number of nitrogens with zero attached hydrogens (tertiary/aromatic N) is 1. The topological polar surface area (TPSA) is 55.8 Å². The molecule has 0 radical (unpaired) electrons. The van der Waals surface area contributed by atoms with Crippen molar-refractivity contribution in [3.8, 4) is 5.75 Å². The first-order chi connectivity index (χ1) is 12.4. The third kappa shape index (κ3) is 5.93. The molecule has 0 saturated heterocycles. The lowest BCUT2D eigenvalue weighted by Crippen LogP contribution is -2.20. The van der Waals surface area contributed by atoms with Crippen molar-refractivity contribution in [2.75, 3.05) is 33.9 Å². The van der Waals surface area contributed by atoms with Gasteiger partial charge in [0.25, 0.3) is 0 Å². The molecular weight excluding hydrogens is 466 g/mol. The van der Waals surface area contributed by atoms with Crippen molar-refractivity contribution in [3.05, 3.63) is 62.5 Å². The predicted molar refractivity (Wildman–Crippen MR) is 107 cm³/mol. The number of esters is 1. The molecule has 2 aromatic carbocycles. The summed E-state index contributed by atoms with van der Waals surface area (Å²) in [6.45, 7) is 0.857. The quantitative estimate of drug-likeness (QED) is 0.415. The fourth-order valence-electron chi connectivity index (χ4n) is 2.06. The zero-order valence-corrected chi connectivity index (χ0v) is 17.7. The van der Waals surface area contributed by atoms with E-state index >= 15 is 0 Å². The number of hydrogen-bond donors (Lipinski definition) is 0. The highest BCUT2D eigenvalue weighted by Crippen LogP contribution is 2.35. The summed E-state index contributed by atoms with van der Waals surface area (Å²) >= 11 is 6.76. The van der Waals surface area contributed by atoms with Gasteiger partial charge in [0.2, 0.25) is 0 Å². The molecule has 0 unspecified atom stereocenters. The Labute approximate surface area is 169 Å². The van der Waals surface area contributed by atoms with Crippen molar-refractivity contribution < 1.29 is 19.1 Å². The highest BCUT2D eigenvalue weighted by molar-refractivity contribution is 9.11. The van der Waals surface area contributed by atoms with Crippen LogP contribution in [0.4, 0.5) is 0 Å². The van der Waals surface area contributed by atoms with Gasteiger partial charge in [0.1, 0.15) is 12.4 Å². The molecule has 0 bridgehead atoms. The molecule has 0 aliphatic heterocycles. The first-order valence-corrected chi connectivity index (χ1v) is 9.49. The summed E-state index contributed by atoms with van der Waals surface area (Å²) in [5, 5.41) is 0. The Balaban J connectivity index is 2.02. The van der Waals surface area contributed by atoms with Gasteiger partial charge in [0.05, 0.1) is 14.5 Å². The molecule has 0 amide bonds. The lowest BCUT2D eigenvalue weighted by molar-refractivity contribution is 0.0481.